The lowest BCUT2D eigenvalue weighted by Crippen LogP contribution is -1.98. The average Bonchev–Trinajstić information content (AvgIpc) is 3.14. The molecule has 7 nitrogen and oxygen atoms in total. The van der Waals surface area contributed by atoms with Crippen molar-refractivity contribution in [3.05, 3.63) is 41.8 Å². The second-order valence-corrected chi connectivity index (χ2v) is 5.70. The van der Waals surface area contributed by atoms with E-state index in [1.165, 1.54) is 12.8 Å². The summed E-state index contributed by atoms with van der Waals surface area (Å²) in [5.41, 5.74) is 0.854. The van der Waals surface area contributed by atoms with E-state index in [-0.39, 0.29) is 0 Å². The van der Waals surface area contributed by atoms with Gasteiger partial charge in [-0.15, -0.1) is 0 Å². The van der Waals surface area contributed by atoms with Crippen LogP contribution in [0.1, 0.15) is 30.4 Å². The molecular formula is C16H16N4O3. The van der Waals surface area contributed by atoms with Crippen LogP contribution in [0.2, 0.25) is 0 Å². The Morgan fingerprint density at radius 1 is 1.04 bits per heavy atom. The lowest BCUT2D eigenvalue weighted by atomic mass is 10.2. The van der Waals surface area contributed by atoms with Crippen LogP contribution in [0, 0.1) is 12.8 Å². The Labute approximate surface area is 132 Å². The van der Waals surface area contributed by atoms with Crippen LogP contribution in [0.4, 0.5) is 0 Å². The maximum atomic E-state index is 5.71. The molecule has 2 heterocycles. The van der Waals surface area contributed by atoms with Crippen LogP contribution in [-0.2, 0) is 6.42 Å². The predicted octanol–water partition coefficient (Wildman–Crippen LogP) is 2.81. The molecule has 118 valence electrons. The van der Waals surface area contributed by atoms with Gasteiger partial charge in [0.05, 0.1) is 13.0 Å². The van der Waals surface area contributed by atoms with Crippen molar-refractivity contribution in [1.82, 2.24) is 20.3 Å². The van der Waals surface area contributed by atoms with Gasteiger partial charge in [-0.05, 0) is 43.0 Å². The van der Waals surface area contributed by atoms with Crippen molar-refractivity contribution in [3.8, 4) is 17.2 Å². The Morgan fingerprint density at radius 3 is 2.48 bits per heavy atom. The molecule has 3 aromatic rings. The summed E-state index contributed by atoms with van der Waals surface area (Å²) in [6.07, 6.45) is 2.94. The average molecular weight is 312 g/mol. The van der Waals surface area contributed by atoms with E-state index in [2.05, 4.69) is 20.3 Å². The fourth-order valence-corrected chi connectivity index (χ4v) is 2.19. The van der Waals surface area contributed by atoms with Crippen LogP contribution < -0.4 is 4.74 Å². The summed E-state index contributed by atoms with van der Waals surface area (Å²) in [7, 11) is 0. The van der Waals surface area contributed by atoms with Crippen molar-refractivity contribution < 1.29 is 13.8 Å². The third-order valence-corrected chi connectivity index (χ3v) is 3.64. The van der Waals surface area contributed by atoms with Gasteiger partial charge in [0.25, 0.3) is 5.89 Å². The molecule has 0 spiro atoms. The van der Waals surface area contributed by atoms with Gasteiger partial charge in [0, 0.05) is 12.5 Å². The van der Waals surface area contributed by atoms with Crippen molar-refractivity contribution >= 4 is 0 Å². The molecule has 1 saturated carbocycles. The normalized spacial score (nSPS) is 14.1. The minimum atomic E-state index is 0.378. The van der Waals surface area contributed by atoms with Crippen molar-refractivity contribution in [2.45, 2.75) is 26.2 Å². The predicted molar refractivity (Wildman–Crippen MR) is 79.8 cm³/mol. The molecule has 4 rings (SSSR count). The molecule has 2 aromatic heterocycles. The van der Waals surface area contributed by atoms with E-state index in [1.807, 2.05) is 24.3 Å². The molecule has 1 aliphatic carbocycles. The first kappa shape index (κ1) is 13.9. The number of benzene rings is 1. The smallest absolute Gasteiger partial charge is 0.257 e. The van der Waals surface area contributed by atoms with E-state index in [9.17, 15) is 0 Å². The van der Waals surface area contributed by atoms with Crippen LogP contribution in [0.3, 0.4) is 0 Å². The highest BCUT2D eigenvalue weighted by Crippen LogP contribution is 2.30. The van der Waals surface area contributed by atoms with Crippen LogP contribution in [0.15, 0.2) is 33.3 Å². The zero-order chi connectivity index (χ0) is 15.6. The summed E-state index contributed by atoms with van der Waals surface area (Å²) in [5, 5.41) is 7.77. The molecule has 1 aromatic carbocycles. The molecule has 1 fully saturated rings. The highest BCUT2D eigenvalue weighted by atomic mass is 16.5. The van der Waals surface area contributed by atoms with Crippen molar-refractivity contribution in [2.24, 2.45) is 5.92 Å². The molecule has 0 bridgehead atoms. The highest BCUT2D eigenvalue weighted by molar-refractivity contribution is 5.54. The monoisotopic (exact) mass is 312 g/mol. The van der Waals surface area contributed by atoms with E-state index in [4.69, 9.17) is 13.8 Å². The SMILES string of the molecule is Cc1nc(Cc2noc(-c3ccc(OCC4CC4)cc3)n2)no1. The molecule has 23 heavy (non-hydrogen) atoms. The summed E-state index contributed by atoms with van der Waals surface area (Å²) in [4.78, 5) is 8.48. The summed E-state index contributed by atoms with van der Waals surface area (Å²) < 4.78 is 15.9. The molecule has 7 heteroatoms. The Morgan fingerprint density at radius 2 is 1.78 bits per heavy atom. The van der Waals surface area contributed by atoms with Gasteiger partial charge in [0.15, 0.2) is 11.6 Å². The van der Waals surface area contributed by atoms with Gasteiger partial charge in [-0.3, -0.25) is 0 Å². The maximum absolute atomic E-state index is 5.71. The number of aromatic nitrogens is 4. The quantitative estimate of drug-likeness (QED) is 0.691. The minimum absolute atomic E-state index is 0.378. The van der Waals surface area contributed by atoms with Gasteiger partial charge in [-0.1, -0.05) is 10.3 Å². The lowest BCUT2D eigenvalue weighted by Gasteiger charge is -2.04. The van der Waals surface area contributed by atoms with Crippen molar-refractivity contribution in [2.75, 3.05) is 6.61 Å². The van der Waals surface area contributed by atoms with Gasteiger partial charge < -0.3 is 13.8 Å². The molecule has 0 aliphatic heterocycles. The van der Waals surface area contributed by atoms with E-state index >= 15 is 0 Å². The summed E-state index contributed by atoms with van der Waals surface area (Å²) in [6, 6.07) is 7.67. The van der Waals surface area contributed by atoms with Crippen LogP contribution in [0.5, 0.6) is 5.75 Å². The second-order valence-electron chi connectivity index (χ2n) is 5.70. The highest BCUT2D eigenvalue weighted by Gasteiger charge is 2.21. The molecule has 0 saturated heterocycles. The molecule has 0 unspecified atom stereocenters. The van der Waals surface area contributed by atoms with Crippen molar-refractivity contribution in [1.29, 1.82) is 0 Å². The first-order valence-corrected chi connectivity index (χ1v) is 7.61. The van der Waals surface area contributed by atoms with Crippen LogP contribution in [-0.4, -0.2) is 26.9 Å². The Kier molecular flexibility index (Phi) is 3.53. The Balaban J connectivity index is 1.43. The third kappa shape index (κ3) is 3.39. The van der Waals surface area contributed by atoms with E-state index in [1.54, 1.807) is 6.92 Å². The molecular weight excluding hydrogens is 296 g/mol. The van der Waals surface area contributed by atoms with Gasteiger partial charge in [0.2, 0.25) is 5.89 Å². The van der Waals surface area contributed by atoms with Crippen LogP contribution >= 0.6 is 0 Å². The molecule has 1 aliphatic rings. The number of hydrogen-bond acceptors (Lipinski definition) is 7. The number of ether oxygens (including phenoxy) is 1. The van der Waals surface area contributed by atoms with Crippen LogP contribution in [0.25, 0.3) is 11.5 Å². The first-order chi connectivity index (χ1) is 11.3. The standard InChI is InChI=1S/C16H16N4O3/c1-10-17-14(19-22-10)8-15-18-16(23-20-15)12-4-6-13(7-5-12)21-9-11-2-3-11/h4-7,11H,2-3,8-9H2,1H3. The molecule has 0 atom stereocenters. The summed E-state index contributed by atoms with van der Waals surface area (Å²) in [5.74, 6) is 3.65. The summed E-state index contributed by atoms with van der Waals surface area (Å²) in [6.45, 7) is 2.54. The molecule has 0 N–H and O–H groups in total. The van der Waals surface area contributed by atoms with Gasteiger partial charge >= 0.3 is 0 Å². The minimum Gasteiger partial charge on any atom is -0.493 e. The lowest BCUT2D eigenvalue weighted by molar-refractivity contribution is 0.300. The number of aryl methyl sites for hydroxylation is 1. The number of rotatable bonds is 6. The van der Waals surface area contributed by atoms with E-state index in [0.29, 0.717) is 29.9 Å². The topological polar surface area (TPSA) is 87.1 Å². The van der Waals surface area contributed by atoms with E-state index < -0.39 is 0 Å². The van der Waals surface area contributed by atoms with Crippen molar-refractivity contribution in [3.63, 3.8) is 0 Å². The van der Waals surface area contributed by atoms with Gasteiger partial charge in [-0.25, -0.2) is 0 Å². The maximum Gasteiger partial charge on any atom is 0.257 e. The zero-order valence-electron chi connectivity index (χ0n) is 12.7. The fourth-order valence-electron chi connectivity index (χ4n) is 2.19. The van der Waals surface area contributed by atoms with Gasteiger partial charge in [-0.2, -0.15) is 9.97 Å². The largest absolute Gasteiger partial charge is 0.493 e. The second kappa shape index (κ2) is 5.83. The Hall–Kier alpha value is -2.70. The summed E-state index contributed by atoms with van der Waals surface area (Å²) >= 11 is 0. The fraction of sp³-hybridized carbons (Fsp3) is 0.375. The number of hydrogen-bond donors (Lipinski definition) is 0. The third-order valence-electron chi connectivity index (χ3n) is 3.64. The zero-order valence-corrected chi connectivity index (χ0v) is 12.7. The number of nitrogens with zero attached hydrogens (tertiary/aromatic N) is 4. The first-order valence-electron chi connectivity index (χ1n) is 7.61. The molecule has 0 radical (unpaired) electrons. The Bertz CT molecular complexity index is 790. The molecule has 0 amide bonds. The van der Waals surface area contributed by atoms with E-state index in [0.717, 1.165) is 23.8 Å². The van der Waals surface area contributed by atoms with Gasteiger partial charge in [0.1, 0.15) is 5.75 Å².